The number of nitrogens with two attached hydrogens (primary N) is 1. The zero-order valence-electron chi connectivity index (χ0n) is 29.8. The molecule has 0 saturated carbocycles. The van der Waals surface area contributed by atoms with Gasteiger partial charge in [-0.15, -0.1) is 0 Å². The lowest BCUT2D eigenvalue weighted by molar-refractivity contribution is -0.0648. The molecule has 5 N–H and O–H groups in total. The first kappa shape index (κ1) is 40.9. The highest BCUT2D eigenvalue weighted by Gasteiger charge is 2.55. The minimum absolute atomic E-state index is 0.0337. The zero-order chi connectivity index (χ0) is 41.6. The van der Waals surface area contributed by atoms with Crippen LogP contribution in [0.5, 0.6) is 11.5 Å². The number of ether oxygens (including phenoxy) is 3. The average Bonchev–Trinajstić information content (AvgIpc) is 3.86. The number of nitrogen functional groups attached to an aromatic ring is 1. The molecule has 0 radical (unpaired) electrons. The minimum atomic E-state index is -5.27. The Bertz CT molecular complexity index is 2590. The molecule has 59 heavy (non-hydrogen) atoms. The summed E-state index contributed by atoms with van der Waals surface area (Å²) in [5.74, 6) is -0.781. The largest absolute Gasteiger partial charge is 0.508 e. The van der Waals surface area contributed by atoms with Gasteiger partial charge in [0.25, 0.3) is 5.56 Å². The van der Waals surface area contributed by atoms with E-state index >= 15 is 8.78 Å². The number of nitrogens with one attached hydrogen (secondary N) is 1. The van der Waals surface area contributed by atoms with E-state index in [0.29, 0.717) is 16.9 Å². The van der Waals surface area contributed by atoms with Crippen molar-refractivity contribution in [3.63, 3.8) is 0 Å². The van der Waals surface area contributed by atoms with Crippen LogP contribution >= 0.6 is 26.0 Å². The summed E-state index contributed by atoms with van der Waals surface area (Å²) in [7, 11) is -5.27. The normalized spacial score (nSPS) is 31.2. The second-order valence-corrected chi connectivity index (χ2v) is 18.6. The molecule has 10 atom stereocenters. The van der Waals surface area contributed by atoms with Crippen LogP contribution < -0.4 is 21.7 Å². The predicted molar refractivity (Wildman–Crippen MR) is 199 cm³/mol. The van der Waals surface area contributed by atoms with E-state index in [1.54, 1.807) is 0 Å². The smallest absolute Gasteiger partial charge is 0.472 e. The van der Waals surface area contributed by atoms with Crippen LogP contribution in [0.3, 0.4) is 0 Å². The molecule has 312 valence electrons. The molecule has 6 heterocycles. The highest BCUT2D eigenvalue weighted by molar-refractivity contribution is 8.54. The summed E-state index contributed by atoms with van der Waals surface area (Å²) in [5.41, 5.74) is 4.83. The van der Waals surface area contributed by atoms with Gasteiger partial charge in [-0.1, -0.05) is 12.1 Å². The summed E-state index contributed by atoms with van der Waals surface area (Å²) in [6.07, 6.45) is -12.0. The number of esters is 1. The topological polar surface area (TPSA) is 281 Å². The number of benzene rings is 2. The third kappa shape index (κ3) is 8.59. The lowest BCUT2D eigenvalue weighted by Crippen LogP contribution is -2.38. The molecule has 21 nitrogen and oxygen atoms in total. The number of alkyl halides is 2. The summed E-state index contributed by atoms with van der Waals surface area (Å²) in [6.45, 7) is -6.59. The van der Waals surface area contributed by atoms with E-state index in [0.717, 1.165) is 29.5 Å². The molecule has 4 bridgehead atoms. The van der Waals surface area contributed by atoms with Crippen LogP contribution in [0.1, 0.15) is 28.4 Å². The molecule has 0 aliphatic carbocycles. The molecular formula is C33H31F2N7O14P2S. The number of aromatic amines is 1. The Kier molecular flexibility index (Phi) is 11.3. The maximum atomic E-state index is 16.4. The molecular weight excluding hydrogens is 850 g/mol. The number of fused-ring (bicyclic) bond motifs is 5. The number of aromatic nitrogens is 6. The van der Waals surface area contributed by atoms with Gasteiger partial charge in [0, 0.05) is 18.0 Å². The maximum absolute atomic E-state index is 16.4. The van der Waals surface area contributed by atoms with E-state index in [9.17, 15) is 33.5 Å². The Morgan fingerprint density at radius 3 is 2.27 bits per heavy atom. The molecule has 5 aromatic rings. The van der Waals surface area contributed by atoms with Crippen molar-refractivity contribution < 1.29 is 65.0 Å². The Morgan fingerprint density at radius 1 is 0.915 bits per heavy atom. The van der Waals surface area contributed by atoms with Crippen molar-refractivity contribution >= 4 is 49.0 Å². The van der Waals surface area contributed by atoms with E-state index in [4.69, 9.17) is 38.0 Å². The molecule has 8 rings (SSSR count). The first-order chi connectivity index (χ1) is 28.2. The van der Waals surface area contributed by atoms with Gasteiger partial charge >= 0.3 is 26.3 Å². The standard InChI is InChI=1S/C33H31F2N7O14P2S/c34-23-21-12-51-58(49,59-13-16-1-7-19(8-2-16)52-32(45)17-3-5-18(43)6-4-17)56-27-24(35)20(53-30(27)41-10-9-22(44)40-33(41)46)11-50-57(47,48)55-26(23)31(54-21)42-15-39-25-28(36)37-14-38-29(25)42/h1-10,14-15,20-21,23-24,26-27,30-31,43H,11-13H2,(H,47,48)(H2,36,37,38)(H,40,44,46)/t20-,21-,23+,24+,26-,27-,30-,31-,58?/m1/s1. The Hall–Kier alpha value is -4.87. The average molecular weight is 882 g/mol. The van der Waals surface area contributed by atoms with Gasteiger partial charge in [-0.25, -0.2) is 42.5 Å². The van der Waals surface area contributed by atoms with Crippen molar-refractivity contribution in [3.05, 3.63) is 105 Å². The molecule has 26 heteroatoms. The number of rotatable bonds is 7. The number of imidazole rings is 1. The minimum Gasteiger partial charge on any atom is -0.508 e. The third-order valence-electron chi connectivity index (χ3n) is 9.25. The van der Waals surface area contributed by atoms with Crippen molar-refractivity contribution in [1.82, 2.24) is 29.1 Å². The van der Waals surface area contributed by atoms with Crippen molar-refractivity contribution in [2.45, 2.75) is 55.0 Å². The van der Waals surface area contributed by atoms with Crippen LogP contribution in [0, 0.1) is 0 Å². The number of hydrogen-bond acceptors (Lipinski definition) is 18. The van der Waals surface area contributed by atoms with Crippen molar-refractivity contribution in [1.29, 1.82) is 0 Å². The fourth-order valence-electron chi connectivity index (χ4n) is 6.35. The van der Waals surface area contributed by atoms with E-state index < -0.39 is 94.3 Å². The molecule has 3 aromatic heterocycles. The van der Waals surface area contributed by atoms with E-state index in [1.807, 2.05) is 4.98 Å². The van der Waals surface area contributed by atoms with Gasteiger partial charge < -0.3 is 29.9 Å². The highest BCUT2D eigenvalue weighted by Crippen LogP contribution is 2.65. The second kappa shape index (κ2) is 16.3. The van der Waals surface area contributed by atoms with Gasteiger partial charge in [-0.3, -0.25) is 37.0 Å². The molecule has 2 unspecified atom stereocenters. The fourth-order valence-corrected chi connectivity index (χ4v) is 10.6. The number of phenolic OH excluding ortho intramolecular Hbond substituents is 1. The van der Waals surface area contributed by atoms with Gasteiger partial charge in [0.2, 0.25) is 0 Å². The van der Waals surface area contributed by atoms with Crippen LogP contribution in [0.15, 0.2) is 83.0 Å². The Labute approximate surface area is 333 Å². The summed E-state index contributed by atoms with van der Waals surface area (Å²) >= 11 is 0.545. The summed E-state index contributed by atoms with van der Waals surface area (Å²) in [6, 6.07) is 12.3. The zero-order valence-corrected chi connectivity index (χ0v) is 32.4. The van der Waals surface area contributed by atoms with Gasteiger partial charge in [-0.05, 0) is 53.3 Å². The third-order valence-corrected chi connectivity index (χ3v) is 13.9. The lowest BCUT2D eigenvalue weighted by atomic mass is 10.1. The van der Waals surface area contributed by atoms with Crippen LogP contribution in [-0.4, -0.2) is 95.0 Å². The van der Waals surface area contributed by atoms with Crippen molar-refractivity contribution in [2.24, 2.45) is 0 Å². The number of aromatic hydroxyl groups is 1. The van der Waals surface area contributed by atoms with Crippen LogP contribution in [-0.2, 0) is 42.5 Å². The number of phosphoric acid groups is 1. The quantitative estimate of drug-likeness (QED) is 0.104. The summed E-state index contributed by atoms with van der Waals surface area (Å²) in [5, 5.41) is 9.49. The summed E-state index contributed by atoms with van der Waals surface area (Å²) in [4.78, 5) is 62.1. The number of phosphoric ester groups is 1. The maximum Gasteiger partial charge on any atom is 0.472 e. The number of carbonyl (C=O) groups excluding carboxylic acids is 1. The SMILES string of the molecule is Nc1ncnc2c1ncn2[C@@H]1O[C@@H]2COP(=O)(SCc3ccc(OC(=O)c4ccc(O)cc4)cc3)O[C@@H]3[C@@H](F)[C@@H](COP(=O)(O)O[C@@H]1[C@H]2F)O[C@H]3n1ccc(=O)[nH]c1=O. The molecule has 0 amide bonds. The predicted octanol–water partition coefficient (Wildman–Crippen LogP) is 3.31. The number of carbonyl (C=O) groups is 1. The molecule has 3 aliphatic rings. The summed E-state index contributed by atoms with van der Waals surface area (Å²) < 4.78 is 102. The van der Waals surface area contributed by atoms with Crippen molar-refractivity contribution in [3.8, 4) is 11.5 Å². The van der Waals surface area contributed by atoms with Crippen molar-refractivity contribution in [2.75, 3.05) is 18.9 Å². The van der Waals surface area contributed by atoms with Gasteiger partial charge in [0.1, 0.15) is 47.8 Å². The number of nitrogens with zero attached hydrogens (tertiary/aromatic N) is 5. The van der Waals surface area contributed by atoms with Crippen LogP contribution in [0.25, 0.3) is 11.2 Å². The van der Waals surface area contributed by atoms with E-state index in [1.165, 1.54) is 53.1 Å². The monoisotopic (exact) mass is 881 g/mol. The second-order valence-electron chi connectivity index (χ2n) is 13.1. The number of hydrogen-bond donors (Lipinski definition) is 4. The van der Waals surface area contributed by atoms with Crippen LogP contribution in [0.2, 0.25) is 0 Å². The van der Waals surface area contributed by atoms with Gasteiger partial charge in [0.05, 0.1) is 25.1 Å². The lowest BCUT2D eigenvalue weighted by Gasteiger charge is -2.27. The fraction of sp³-hybridized carbons (Fsp3) is 0.333. The molecule has 3 fully saturated rings. The Balaban J connectivity index is 1.09. The first-order valence-corrected chi connectivity index (χ1v) is 22.0. The van der Waals surface area contributed by atoms with E-state index in [2.05, 4.69) is 15.0 Å². The number of anilines is 1. The van der Waals surface area contributed by atoms with Gasteiger partial charge in [-0.2, -0.15) is 0 Å². The van der Waals surface area contributed by atoms with Crippen LogP contribution in [0.4, 0.5) is 14.6 Å². The number of halogens is 2. The molecule has 2 aromatic carbocycles. The molecule has 3 saturated heterocycles. The molecule has 0 spiro atoms. The van der Waals surface area contributed by atoms with E-state index in [-0.39, 0.29) is 39.8 Å². The number of phenols is 1. The first-order valence-electron chi connectivity index (χ1n) is 17.3. The number of H-pyrrole nitrogens is 1. The Morgan fingerprint density at radius 2 is 1.58 bits per heavy atom. The van der Waals surface area contributed by atoms with Gasteiger partial charge in [0.15, 0.2) is 36.3 Å². The highest BCUT2D eigenvalue weighted by atomic mass is 32.7. The molecule has 3 aliphatic heterocycles.